The Balaban J connectivity index is 1.68. The Morgan fingerprint density at radius 2 is 1.50 bits per heavy atom. The Bertz CT molecular complexity index is 843. The topological polar surface area (TPSA) is 30.5 Å². The normalized spacial score (nSPS) is 11.8. The molecule has 1 atom stereocenters. The van der Waals surface area contributed by atoms with Crippen LogP contribution in [-0.4, -0.2) is 14.2 Å². The van der Waals surface area contributed by atoms with Gasteiger partial charge in [-0.3, -0.25) is 0 Å². The van der Waals surface area contributed by atoms with E-state index in [1.165, 1.54) is 22.3 Å². The molecular formula is C23H25NO2. The molecule has 0 radical (unpaired) electrons. The molecule has 0 aromatic heterocycles. The number of hydrogen-bond donors (Lipinski definition) is 1. The fourth-order valence-corrected chi connectivity index (χ4v) is 2.94. The molecule has 0 amide bonds. The summed E-state index contributed by atoms with van der Waals surface area (Å²) in [6, 6.07) is 25.2. The summed E-state index contributed by atoms with van der Waals surface area (Å²) >= 11 is 0. The third-order valence-electron chi connectivity index (χ3n) is 4.56. The Morgan fingerprint density at radius 3 is 2.23 bits per heavy atom. The van der Waals surface area contributed by atoms with E-state index in [2.05, 4.69) is 60.8 Å². The van der Waals surface area contributed by atoms with Crippen LogP contribution >= 0.6 is 0 Å². The maximum absolute atomic E-state index is 5.31. The lowest BCUT2D eigenvalue weighted by Gasteiger charge is -2.15. The first-order chi connectivity index (χ1) is 12.7. The Kier molecular flexibility index (Phi) is 5.92. The van der Waals surface area contributed by atoms with Crippen molar-refractivity contribution in [1.29, 1.82) is 0 Å². The van der Waals surface area contributed by atoms with E-state index in [1.807, 2.05) is 24.3 Å². The highest BCUT2D eigenvalue weighted by molar-refractivity contribution is 5.64. The molecule has 0 heterocycles. The predicted molar refractivity (Wildman–Crippen MR) is 107 cm³/mol. The zero-order valence-electron chi connectivity index (χ0n) is 15.5. The molecule has 134 valence electrons. The van der Waals surface area contributed by atoms with Gasteiger partial charge >= 0.3 is 0 Å². The van der Waals surface area contributed by atoms with Crippen LogP contribution in [0.3, 0.4) is 0 Å². The van der Waals surface area contributed by atoms with Gasteiger partial charge in [-0.1, -0.05) is 42.5 Å². The second-order valence-corrected chi connectivity index (χ2v) is 6.31. The van der Waals surface area contributed by atoms with Gasteiger partial charge in [-0.2, -0.15) is 0 Å². The molecule has 3 heteroatoms. The highest BCUT2D eigenvalue weighted by atomic mass is 16.5. The summed E-state index contributed by atoms with van der Waals surface area (Å²) < 4.78 is 10.5. The van der Waals surface area contributed by atoms with Gasteiger partial charge in [-0.25, -0.2) is 0 Å². The minimum Gasteiger partial charge on any atom is -0.497 e. The molecule has 3 nitrogen and oxygen atoms in total. The molecule has 26 heavy (non-hydrogen) atoms. The van der Waals surface area contributed by atoms with Crippen LogP contribution in [0.1, 0.15) is 24.1 Å². The standard InChI is InChI=1S/C23H25NO2/c1-17(20-7-5-9-23(15-20)26-3)24-16-18-6-4-8-21(14-18)19-10-12-22(25-2)13-11-19/h4-15,17,24H,16H2,1-3H3. The van der Waals surface area contributed by atoms with E-state index >= 15 is 0 Å². The maximum Gasteiger partial charge on any atom is 0.119 e. The zero-order valence-corrected chi connectivity index (χ0v) is 15.5. The predicted octanol–water partition coefficient (Wildman–Crippen LogP) is 5.22. The smallest absolute Gasteiger partial charge is 0.119 e. The molecule has 0 aliphatic rings. The van der Waals surface area contributed by atoms with E-state index in [4.69, 9.17) is 9.47 Å². The van der Waals surface area contributed by atoms with Crippen LogP contribution in [-0.2, 0) is 6.54 Å². The first kappa shape index (κ1) is 18.0. The Labute approximate surface area is 155 Å². The summed E-state index contributed by atoms with van der Waals surface area (Å²) in [6.07, 6.45) is 0. The van der Waals surface area contributed by atoms with Gasteiger partial charge in [0.1, 0.15) is 11.5 Å². The van der Waals surface area contributed by atoms with Crippen molar-refractivity contribution in [3.8, 4) is 22.6 Å². The van der Waals surface area contributed by atoms with Crippen molar-refractivity contribution in [2.75, 3.05) is 14.2 Å². The van der Waals surface area contributed by atoms with Gasteiger partial charge < -0.3 is 14.8 Å². The van der Waals surface area contributed by atoms with Gasteiger partial charge in [-0.15, -0.1) is 0 Å². The number of benzene rings is 3. The molecule has 0 fully saturated rings. The van der Waals surface area contributed by atoms with Gasteiger partial charge in [0.25, 0.3) is 0 Å². The van der Waals surface area contributed by atoms with Crippen molar-refractivity contribution < 1.29 is 9.47 Å². The second kappa shape index (κ2) is 8.54. The molecule has 0 aliphatic heterocycles. The zero-order chi connectivity index (χ0) is 18.4. The van der Waals surface area contributed by atoms with Crippen LogP contribution in [0.2, 0.25) is 0 Å². The number of hydrogen-bond acceptors (Lipinski definition) is 3. The largest absolute Gasteiger partial charge is 0.497 e. The third kappa shape index (κ3) is 4.44. The maximum atomic E-state index is 5.31. The van der Waals surface area contributed by atoms with Crippen LogP contribution in [0.4, 0.5) is 0 Å². The average molecular weight is 347 g/mol. The van der Waals surface area contributed by atoms with Gasteiger partial charge in [-0.05, 0) is 59.5 Å². The minimum absolute atomic E-state index is 0.245. The first-order valence-electron chi connectivity index (χ1n) is 8.80. The van der Waals surface area contributed by atoms with Crippen molar-refractivity contribution in [2.24, 2.45) is 0 Å². The number of nitrogens with one attached hydrogen (secondary N) is 1. The quantitative estimate of drug-likeness (QED) is 0.635. The van der Waals surface area contributed by atoms with Crippen molar-refractivity contribution in [2.45, 2.75) is 19.5 Å². The summed E-state index contributed by atoms with van der Waals surface area (Å²) in [4.78, 5) is 0. The number of ether oxygens (including phenoxy) is 2. The molecule has 1 unspecified atom stereocenters. The fraction of sp³-hybridized carbons (Fsp3) is 0.217. The summed E-state index contributed by atoms with van der Waals surface area (Å²) in [7, 11) is 3.38. The lowest BCUT2D eigenvalue weighted by Crippen LogP contribution is -2.18. The Morgan fingerprint density at radius 1 is 0.769 bits per heavy atom. The van der Waals surface area contributed by atoms with E-state index < -0.39 is 0 Å². The summed E-state index contributed by atoms with van der Waals surface area (Å²) in [5.41, 5.74) is 4.87. The summed E-state index contributed by atoms with van der Waals surface area (Å²) in [5.74, 6) is 1.76. The number of methoxy groups -OCH3 is 2. The molecule has 0 bridgehead atoms. The molecule has 0 aliphatic carbocycles. The molecule has 3 aromatic carbocycles. The monoisotopic (exact) mass is 347 g/mol. The average Bonchev–Trinajstić information content (AvgIpc) is 2.72. The van der Waals surface area contributed by atoms with Crippen molar-refractivity contribution in [3.63, 3.8) is 0 Å². The van der Waals surface area contributed by atoms with E-state index in [0.717, 1.165) is 18.0 Å². The SMILES string of the molecule is COc1ccc(-c2cccc(CNC(C)c3cccc(OC)c3)c2)cc1. The molecule has 0 saturated carbocycles. The van der Waals surface area contributed by atoms with E-state index in [9.17, 15) is 0 Å². The van der Waals surface area contributed by atoms with Crippen molar-refractivity contribution in [1.82, 2.24) is 5.32 Å². The summed E-state index contributed by atoms with van der Waals surface area (Å²) in [6.45, 7) is 2.98. The van der Waals surface area contributed by atoms with E-state index in [1.54, 1.807) is 14.2 Å². The lowest BCUT2D eigenvalue weighted by molar-refractivity contribution is 0.413. The van der Waals surface area contributed by atoms with Gasteiger partial charge in [0.2, 0.25) is 0 Å². The molecule has 3 rings (SSSR count). The highest BCUT2D eigenvalue weighted by Crippen LogP contribution is 2.24. The molecule has 0 spiro atoms. The number of rotatable bonds is 7. The van der Waals surface area contributed by atoms with Gasteiger partial charge in [0, 0.05) is 12.6 Å². The van der Waals surface area contributed by atoms with Crippen molar-refractivity contribution in [3.05, 3.63) is 83.9 Å². The third-order valence-corrected chi connectivity index (χ3v) is 4.56. The van der Waals surface area contributed by atoms with Crippen LogP contribution < -0.4 is 14.8 Å². The van der Waals surface area contributed by atoms with Crippen LogP contribution in [0.5, 0.6) is 11.5 Å². The van der Waals surface area contributed by atoms with Crippen molar-refractivity contribution >= 4 is 0 Å². The molecule has 0 saturated heterocycles. The fourth-order valence-electron chi connectivity index (χ4n) is 2.94. The minimum atomic E-state index is 0.245. The Hall–Kier alpha value is -2.78. The van der Waals surface area contributed by atoms with Crippen LogP contribution in [0.15, 0.2) is 72.8 Å². The van der Waals surface area contributed by atoms with Gasteiger partial charge in [0.05, 0.1) is 14.2 Å². The van der Waals surface area contributed by atoms with Crippen LogP contribution in [0.25, 0.3) is 11.1 Å². The molecular weight excluding hydrogens is 322 g/mol. The first-order valence-corrected chi connectivity index (χ1v) is 8.80. The van der Waals surface area contributed by atoms with Crippen LogP contribution in [0, 0.1) is 0 Å². The molecule has 3 aromatic rings. The van der Waals surface area contributed by atoms with Gasteiger partial charge in [0.15, 0.2) is 0 Å². The van der Waals surface area contributed by atoms with E-state index in [0.29, 0.717) is 0 Å². The lowest BCUT2D eigenvalue weighted by atomic mass is 10.0. The second-order valence-electron chi connectivity index (χ2n) is 6.31. The summed E-state index contributed by atoms with van der Waals surface area (Å²) in [5, 5.41) is 3.59. The molecule has 1 N–H and O–H groups in total. The highest BCUT2D eigenvalue weighted by Gasteiger charge is 2.07. The van der Waals surface area contributed by atoms with E-state index in [-0.39, 0.29) is 6.04 Å².